The van der Waals surface area contributed by atoms with Gasteiger partial charge in [-0.2, -0.15) is 5.10 Å². The van der Waals surface area contributed by atoms with Crippen LogP contribution in [0, 0.1) is 5.92 Å². The molecule has 1 atom stereocenters. The fourth-order valence-electron chi connectivity index (χ4n) is 5.53. The monoisotopic (exact) mass is 490 g/mol. The van der Waals surface area contributed by atoms with Crippen LogP contribution in [-0.2, 0) is 9.53 Å². The Labute approximate surface area is 211 Å². The molecule has 1 saturated heterocycles. The Hall–Kier alpha value is -3.17. The fraction of sp³-hybridized carbons (Fsp3) is 0.519. The molecule has 0 aromatic carbocycles. The van der Waals surface area contributed by atoms with E-state index in [0.29, 0.717) is 35.5 Å². The molecule has 1 fully saturated rings. The minimum Gasteiger partial charge on any atom is -0.377 e. The van der Waals surface area contributed by atoms with Crippen molar-refractivity contribution < 1.29 is 14.3 Å². The van der Waals surface area contributed by atoms with E-state index in [9.17, 15) is 9.59 Å². The Kier molecular flexibility index (Phi) is 5.95. The molecule has 9 heteroatoms. The summed E-state index contributed by atoms with van der Waals surface area (Å²) in [6, 6.07) is 1.96. The number of aliphatic imine (C=N–C) groups is 1. The molecule has 3 aliphatic heterocycles. The van der Waals surface area contributed by atoms with Crippen LogP contribution in [0.2, 0.25) is 0 Å². The lowest BCUT2D eigenvalue weighted by atomic mass is 9.82. The number of fused-ring (bicyclic) bond motifs is 1. The van der Waals surface area contributed by atoms with Crippen molar-refractivity contribution in [1.29, 1.82) is 0 Å². The molecule has 0 spiro atoms. The molecule has 0 aliphatic carbocycles. The van der Waals surface area contributed by atoms with Gasteiger partial charge in [0.05, 0.1) is 42.0 Å². The number of ether oxygens (including phenoxy) is 1. The SMILES string of the molecule is CC1=CC(C)=NC(=O)C1CNC(=O)c1cc(C2=CC(C)(C)NC(C)(C)C2)nc2c1cnn2C1COC1. The Morgan fingerprint density at radius 2 is 2.00 bits per heavy atom. The third-order valence-electron chi connectivity index (χ3n) is 6.97. The molecular weight excluding hydrogens is 456 g/mol. The maximum Gasteiger partial charge on any atom is 0.254 e. The van der Waals surface area contributed by atoms with E-state index in [-0.39, 0.29) is 35.5 Å². The molecule has 2 N–H and O–H groups in total. The van der Waals surface area contributed by atoms with Crippen molar-refractivity contribution >= 4 is 34.1 Å². The first-order chi connectivity index (χ1) is 16.9. The number of nitrogens with one attached hydrogen (secondary N) is 2. The van der Waals surface area contributed by atoms with Gasteiger partial charge < -0.3 is 15.4 Å². The van der Waals surface area contributed by atoms with Crippen LogP contribution in [0.25, 0.3) is 16.6 Å². The van der Waals surface area contributed by atoms with E-state index in [2.05, 4.69) is 54.5 Å². The van der Waals surface area contributed by atoms with Crippen molar-refractivity contribution in [3.05, 3.63) is 41.2 Å². The smallest absolute Gasteiger partial charge is 0.254 e. The summed E-state index contributed by atoms with van der Waals surface area (Å²) >= 11 is 0. The largest absolute Gasteiger partial charge is 0.377 e. The Balaban J connectivity index is 1.52. The molecule has 190 valence electrons. The van der Waals surface area contributed by atoms with Crippen LogP contribution in [0.15, 0.2) is 35.0 Å². The highest BCUT2D eigenvalue weighted by molar-refractivity contribution is 6.07. The first kappa shape index (κ1) is 24.5. The van der Waals surface area contributed by atoms with Gasteiger partial charge in [-0.25, -0.2) is 14.7 Å². The molecule has 2 aromatic rings. The molecule has 1 unspecified atom stereocenters. The summed E-state index contributed by atoms with van der Waals surface area (Å²) in [6.45, 7) is 13.7. The number of hydrogen-bond donors (Lipinski definition) is 2. The summed E-state index contributed by atoms with van der Waals surface area (Å²) in [5.41, 5.74) is 4.27. The molecule has 5 heterocycles. The fourth-order valence-corrected chi connectivity index (χ4v) is 5.53. The van der Waals surface area contributed by atoms with Crippen molar-refractivity contribution in [2.75, 3.05) is 19.8 Å². The summed E-state index contributed by atoms with van der Waals surface area (Å²) in [5, 5.41) is 11.9. The van der Waals surface area contributed by atoms with Crippen molar-refractivity contribution in [2.45, 2.75) is 65.1 Å². The number of allylic oxidation sites excluding steroid dienone is 1. The van der Waals surface area contributed by atoms with Crippen molar-refractivity contribution in [1.82, 2.24) is 25.4 Å². The number of nitrogens with zero attached hydrogens (tertiary/aromatic N) is 4. The third kappa shape index (κ3) is 4.65. The predicted molar refractivity (Wildman–Crippen MR) is 139 cm³/mol. The van der Waals surface area contributed by atoms with Gasteiger partial charge in [-0.15, -0.1) is 0 Å². The van der Waals surface area contributed by atoms with Gasteiger partial charge in [-0.3, -0.25) is 9.59 Å². The molecular formula is C27H34N6O3. The van der Waals surface area contributed by atoms with E-state index in [1.54, 1.807) is 13.1 Å². The van der Waals surface area contributed by atoms with E-state index in [1.165, 1.54) is 0 Å². The summed E-state index contributed by atoms with van der Waals surface area (Å²) in [4.78, 5) is 35.0. The number of rotatable bonds is 5. The first-order valence-corrected chi connectivity index (χ1v) is 12.5. The van der Waals surface area contributed by atoms with E-state index < -0.39 is 5.92 Å². The van der Waals surface area contributed by atoms with Crippen LogP contribution >= 0.6 is 0 Å². The van der Waals surface area contributed by atoms with Crippen LogP contribution in [0.1, 0.15) is 70.1 Å². The van der Waals surface area contributed by atoms with Gasteiger partial charge in [0.2, 0.25) is 0 Å². The average Bonchev–Trinajstić information content (AvgIpc) is 3.12. The third-order valence-corrected chi connectivity index (χ3v) is 6.97. The number of pyridine rings is 1. The van der Waals surface area contributed by atoms with Gasteiger partial charge in [0.25, 0.3) is 11.8 Å². The number of aromatic nitrogens is 3. The average molecular weight is 491 g/mol. The highest BCUT2D eigenvalue weighted by atomic mass is 16.5. The zero-order valence-corrected chi connectivity index (χ0v) is 21.8. The summed E-state index contributed by atoms with van der Waals surface area (Å²) in [7, 11) is 0. The van der Waals surface area contributed by atoms with Crippen molar-refractivity contribution in [2.24, 2.45) is 10.9 Å². The van der Waals surface area contributed by atoms with E-state index in [4.69, 9.17) is 9.72 Å². The van der Waals surface area contributed by atoms with Gasteiger partial charge >= 0.3 is 0 Å². The summed E-state index contributed by atoms with van der Waals surface area (Å²) < 4.78 is 7.25. The van der Waals surface area contributed by atoms with Crippen LogP contribution in [-0.4, -0.2) is 63.1 Å². The molecule has 0 radical (unpaired) electrons. The second-order valence-corrected chi connectivity index (χ2v) is 11.4. The first-order valence-electron chi connectivity index (χ1n) is 12.5. The van der Waals surface area contributed by atoms with Crippen molar-refractivity contribution in [3.63, 3.8) is 0 Å². The maximum absolute atomic E-state index is 13.5. The number of carbonyl (C=O) groups is 2. The molecule has 5 rings (SSSR count). The lowest BCUT2D eigenvalue weighted by molar-refractivity contribution is -0.120. The number of hydrogen-bond acceptors (Lipinski definition) is 6. The standard InChI is InChI=1S/C27H34N6O3/c1-15-7-16(2)30-25(35)20(15)11-28-24(34)19-8-22(17-9-26(3,4)32-27(5,6)10-17)31-23-21(19)12-29-33(23)18-13-36-14-18/h7-9,12,18,20,32H,10-11,13-14H2,1-6H3,(H,28,34). The van der Waals surface area contributed by atoms with Crippen LogP contribution in [0.3, 0.4) is 0 Å². The molecule has 2 amide bonds. The highest BCUT2D eigenvalue weighted by Crippen LogP contribution is 2.35. The predicted octanol–water partition coefficient (Wildman–Crippen LogP) is 3.23. The van der Waals surface area contributed by atoms with Crippen LogP contribution in [0.4, 0.5) is 0 Å². The molecule has 2 aromatic heterocycles. The maximum atomic E-state index is 13.5. The molecule has 36 heavy (non-hydrogen) atoms. The summed E-state index contributed by atoms with van der Waals surface area (Å²) in [5.74, 6) is -0.943. The van der Waals surface area contributed by atoms with Gasteiger partial charge in [-0.1, -0.05) is 11.6 Å². The van der Waals surface area contributed by atoms with Gasteiger partial charge in [-0.05, 0) is 65.7 Å². The van der Waals surface area contributed by atoms with E-state index in [0.717, 1.165) is 23.3 Å². The quantitative estimate of drug-likeness (QED) is 0.666. The summed E-state index contributed by atoms with van der Waals surface area (Å²) in [6.07, 6.45) is 6.55. The minimum absolute atomic E-state index is 0.102. The number of carbonyl (C=O) groups excluding carboxylic acids is 2. The Bertz CT molecular complexity index is 1340. The molecule has 0 saturated carbocycles. The van der Waals surface area contributed by atoms with Gasteiger partial charge in [0, 0.05) is 23.3 Å². The molecule has 9 nitrogen and oxygen atoms in total. The van der Waals surface area contributed by atoms with Gasteiger partial charge in [0.15, 0.2) is 5.65 Å². The van der Waals surface area contributed by atoms with Gasteiger partial charge in [0.1, 0.15) is 6.04 Å². The molecule has 0 bridgehead atoms. The van der Waals surface area contributed by atoms with Crippen molar-refractivity contribution in [3.8, 4) is 0 Å². The van der Waals surface area contributed by atoms with Crippen LogP contribution in [0.5, 0.6) is 0 Å². The Morgan fingerprint density at radius 3 is 2.64 bits per heavy atom. The van der Waals surface area contributed by atoms with E-state index in [1.807, 2.05) is 23.7 Å². The van der Waals surface area contributed by atoms with Crippen LogP contribution < -0.4 is 10.6 Å². The lowest BCUT2D eigenvalue weighted by Gasteiger charge is -2.41. The molecule has 3 aliphatic rings. The van der Waals surface area contributed by atoms with E-state index >= 15 is 0 Å². The zero-order valence-electron chi connectivity index (χ0n) is 21.8. The highest BCUT2D eigenvalue weighted by Gasteiger charge is 2.34. The number of dihydropyridines is 1. The number of amides is 2. The zero-order chi connectivity index (χ0) is 25.8. The topological polar surface area (TPSA) is 111 Å². The lowest BCUT2D eigenvalue weighted by Crippen LogP contribution is -2.53. The minimum atomic E-state index is -0.460. The second kappa shape index (κ2) is 8.74. The Morgan fingerprint density at radius 1 is 1.25 bits per heavy atom. The second-order valence-electron chi connectivity index (χ2n) is 11.4. The normalized spacial score (nSPS) is 23.6.